The Morgan fingerprint density at radius 1 is 0.920 bits per heavy atom. The third kappa shape index (κ3) is 1.85. The summed E-state index contributed by atoms with van der Waals surface area (Å²) in [5.41, 5.74) is 5.99. The van der Waals surface area contributed by atoms with Crippen molar-refractivity contribution in [3.63, 3.8) is 0 Å². The Kier molecular flexibility index (Phi) is 2.74. The number of rotatable bonds is 1. The summed E-state index contributed by atoms with van der Waals surface area (Å²) in [6.45, 7) is 4.00. The Hall–Kier alpha value is -3.27. The third-order valence-corrected chi connectivity index (χ3v) is 4.90. The molecule has 4 aromatic rings. The van der Waals surface area contributed by atoms with Gasteiger partial charge in [-0.3, -0.25) is 4.79 Å². The number of ketones is 1. The lowest BCUT2D eigenvalue weighted by Gasteiger charge is -2.09. The Morgan fingerprint density at radius 3 is 2.48 bits per heavy atom. The molecule has 0 unspecified atom stereocenters. The maximum atomic E-state index is 12.8. The predicted molar refractivity (Wildman–Crippen MR) is 97.2 cm³/mol. The molecule has 0 aliphatic heterocycles. The normalized spacial score (nSPS) is 12.5. The minimum atomic E-state index is 0.0480. The summed E-state index contributed by atoms with van der Waals surface area (Å²) >= 11 is 0. The summed E-state index contributed by atoms with van der Waals surface area (Å²) in [6, 6.07) is 17.7. The molecular formula is C21H15N3O. The Labute approximate surface area is 144 Å². The van der Waals surface area contributed by atoms with E-state index in [-0.39, 0.29) is 5.78 Å². The highest BCUT2D eigenvalue weighted by molar-refractivity contribution is 6.21. The number of aryl methyl sites for hydroxylation is 1. The van der Waals surface area contributed by atoms with Gasteiger partial charge in [0, 0.05) is 16.5 Å². The van der Waals surface area contributed by atoms with Crippen LogP contribution in [0.5, 0.6) is 0 Å². The number of benzene rings is 2. The van der Waals surface area contributed by atoms with Crippen LogP contribution in [0.2, 0.25) is 0 Å². The van der Waals surface area contributed by atoms with E-state index in [1.165, 1.54) is 0 Å². The quantitative estimate of drug-likeness (QED) is 0.463. The second-order valence-corrected chi connectivity index (χ2v) is 6.41. The van der Waals surface area contributed by atoms with Crippen molar-refractivity contribution in [3.05, 3.63) is 77.0 Å². The number of aromatic nitrogens is 3. The minimum absolute atomic E-state index is 0.0480. The Bertz CT molecular complexity index is 1190. The number of carbonyl (C=O) groups excluding carboxylic acids is 1. The van der Waals surface area contributed by atoms with Crippen LogP contribution >= 0.6 is 0 Å². The van der Waals surface area contributed by atoms with Gasteiger partial charge in [-0.25, -0.2) is 9.67 Å². The van der Waals surface area contributed by atoms with E-state index in [0.29, 0.717) is 5.56 Å². The van der Waals surface area contributed by atoms with Crippen LogP contribution < -0.4 is 0 Å². The SMILES string of the molecule is Cc1cc(-n2nc3c(c2C)C(=O)c2ccccc2-3)nc2ccccc12. The second kappa shape index (κ2) is 4.86. The highest BCUT2D eigenvalue weighted by Crippen LogP contribution is 2.38. The fourth-order valence-corrected chi connectivity index (χ4v) is 3.65. The number of carbonyl (C=O) groups is 1. The summed E-state index contributed by atoms with van der Waals surface area (Å²) in [7, 11) is 0. The zero-order chi connectivity index (χ0) is 17.1. The minimum Gasteiger partial charge on any atom is -0.288 e. The molecule has 25 heavy (non-hydrogen) atoms. The van der Waals surface area contributed by atoms with E-state index in [1.807, 2.05) is 55.5 Å². The fraction of sp³-hybridized carbons (Fsp3) is 0.0952. The first-order valence-corrected chi connectivity index (χ1v) is 8.25. The van der Waals surface area contributed by atoms with Crippen LogP contribution in [0.25, 0.3) is 28.0 Å². The summed E-state index contributed by atoms with van der Waals surface area (Å²) in [5.74, 6) is 0.792. The number of nitrogens with zero attached hydrogens (tertiary/aromatic N) is 3. The average Bonchev–Trinajstić information content (AvgIpc) is 3.11. The van der Waals surface area contributed by atoms with Gasteiger partial charge in [-0.1, -0.05) is 42.5 Å². The number of fused-ring (bicyclic) bond motifs is 4. The van der Waals surface area contributed by atoms with Crippen molar-refractivity contribution in [2.45, 2.75) is 13.8 Å². The molecule has 1 aliphatic carbocycles. The van der Waals surface area contributed by atoms with Crippen LogP contribution in [0.1, 0.15) is 27.2 Å². The lowest BCUT2D eigenvalue weighted by molar-refractivity contribution is 0.104. The van der Waals surface area contributed by atoms with Gasteiger partial charge in [0.25, 0.3) is 0 Å². The van der Waals surface area contributed by atoms with E-state index in [9.17, 15) is 4.79 Å². The van der Waals surface area contributed by atoms with Crippen molar-refractivity contribution in [1.29, 1.82) is 0 Å². The van der Waals surface area contributed by atoms with Crippen LogP contribution in [0.3, 0.4) is 0 Å². The molecule has 120 valence electrons. The molecule has 1 aliphatic rings. The molecule has 0 bridgehead atoms. The van der Waals surface area contributed by atoms with Crippen molar-refractivity contribution in [2.75, 3.05) is 0 Å². The van der Waals surface area contributed by atoms with Crippen LogP contribution in [-0.2, 0) is 0 Å². The first kappa shape index (κ1) is 14.1. The zero-order valence-electron chi connectivity index (χ0n) is 13.9. The molecule has 2 aromatic carbocycles. The molecule has 0 spiro atoms. The van der Waals surface area contributed by atoms with Gasteiger partial charge in [-0.05, 0) is 31.5 Å². The molecule has 0 radical (unpaired) electrons. The number of pyridine rings is 1. The Morgan fingerprint density at radius 2 is 1.64 bits per heavy atom. The van der Waals surface area contributed by atoms with Gasteiger partial charge in [0.15, 0.2) is 11.6 Å². The standard InChI is InChI=1S/C21H15N3O/c1-12-11-18(22-17-10-6-5-7-14(12)17)24-13(2)19-20(23-24)15-8-3-4-9-16(15)21(19)25/h3-11H,1-2H3. The van der Waals surface area contributed by atoms with Crippen molar-refractivity contribution < 1.29 is 4.79 Å². The zero-order valence-corrected chi connectivity index (χ0v) is 13.9. The molecule has 4 heteroatoms. The molecule has 0 amide bonds. The maximum absolute atomic E-state index is 12.8. The van der Waals surface area contributed by atoms with Gasteiger partial charge in [-0.15, -0.1) is 0 Å². The van der Waals surface area contributed by atoms with E-state index < -0.39 is 0 Å². The van der Waals surface area contributed by atoms with Crippen LogP contribution in [0, 0.1) is 13.8 Å². The molecule has 5 rings (SSSR count). The van der Waals surface area contributed by atoms with E-state index in [0.717, 1.165) is 44.8 Å². The lowest BCUT2D eigenvalue weighted by Crippen LogP contribution is -2.06. The van der Waals surface area contributed by atoms with E-state index in [2.05, 4.69) is 13.0 Å². The third-order valence-electron chi connectivity index (χ3n) is 4.90. The molecule has 0 saturated carbocycles. The number of hydrogen-bond acceptors (Lipinski definition) is 3. The predicted octanol–water partition coefficient (Wildman–Crippen LogP) is 4.25. The van der Waals surface area contributed by atoms with Crippen molar-refractivity contribution in [2.24, 2.45) is 0 Å². The van der Waals surface area contributed by atoms with E-state index in [4.69, 9.17) is 10.1 Å². The Balaban J connectivity index is 1.77. The molecule has 0 N–H and O–H groups in total. The molecule has 0 fully saturated rings. The fourth-order valence-electron chi connectivity index (χ4n) is 3.65. The van der Waals surface area contributed by atoms with Crippen molar-refractivity contribution in [3.8, 4) is 17.1 Å². The monoisotopic (exact) mass is 325 g/mol. The van der Waals surface area contributed by atoms with E-state index in [1.54, 1.807) is 4.68 Å². The van der Waals surface area contributed by atoms with Crippen LogP contribution in [0.4, 0.5) is 0 Å². The molecule has 2 heterocycles. The van der Waals surface area contributed by atoms with Crippen LogP contribution in [-0.4, -0.2) is 20.5 Å². The molecule has 0 saturated heterocycles. The average molecular weight is 325 g/mol. The van der Waals surface area contributed by atoms with Crippen molar-refractivity contribution in [1.82, 2.24) is 14.8 Å². The van der Waals surface area contributed by atoms with E-state index >= 15 is 0 Å². The van der Waals surface area contributed by atoms with Crippen LogP contribution in [0.15, 0.2) is 54.6 Å². The van der Waals surface area contributed by atoms with Gasteiger partial charge < -0.3 is 0 Å². The molecule has 2 aromatic heterocycles. The lowest BCUT2D eigenvalue weighted by atomic mass is 10.1. The summed E-state index contributed by atoms with van der Waals surface area (Å²) in [6.07, 6.45) is 0. The first-order chi connectivity index (χ1) is 12.1. The highest BCUT2D eigenvalue weighted by Gasteiger charge is 2.32. The van der Waals surface area contributed by atoms with Gasteiger partial charge in [-0.2, -0.15) is 5.10 Å². The summed E-state index contributed by atoms with van der Waals surface area (Å²) < 4.78 is 1.79. The highest BCUT2D eigenvalue weighted by atomic mass is 16.1. The first-order valence-electron chi connectivity index (χ1n) is 8.25. The smallest absolute Gasteiger partial charge is 0.197 e. The summed E-state index contributed by atoms with van der Waals surface area (Å²) in [5, 5.41) is 5.86. The summed E-state index contributed by atoms with van der Waals surface area (Å²) in [4.78, 5) is 17.5. The second-order valence-electron chi connectivity index (χ2n) is 6.41. The van der Waals surface area contributed by atoms with Gasteiger partial charge in [0.05, 0.1) is 16.8 Å². The topological polar surface area (TPSA) is 47.8 Å². The van der Waals surface area contributed by atoms with Gasteiger partial charge in [0.1, 0.15) is 5.69 Å². The van der Waals surface area contributed by atoms with Gasteiger partial charge >= 0.3 is 0 Å². The maximum Gasteiger partial charge on any atom is 0.197 e. The van der Waals surface area contributed by atoms with Gasteiger partial charge in [0.2, 0.25) is 0 Å². The molecule has 4 nitrogen and oxygen atoms in total. The number of para-hydroxylation sites is 1. The largest absolute Gasteiger partial charge is 0.288 e. The molecule has 0 atom stereocenters. The van der Waals surface area contributed by atoms with Crippen molar-refractivity contribution >= 4 is 16.7 Å². The number of hydrogen-bond donors (Lipinski definition) is 0. The molecular weight excluding hydrogens is 310 g/mol.